The Balaban J connectivity index is 1.34. The molecular weight excluding hydrogens is 450 g/mol. The van der Waals surface area contributed by atoms with Crippen LogP contribution in [-0.2, 0) is 21.6 Å². The van der Waals surface area contributed by atoms with Gasteiger partial charge in [0.1, 0.15) is 22.9 Å². The van der Waals surface area contributed by atoms with Crippen molar-refractivity contribution in [1.82, 2.24) is 24.5 Å². The fourth-order valence-corrected chi connectivity index (χ4v) is 5.33. The predicted octanol–water partition coefficient (Wildman–Crippen LogP) is 1.99. The number of nitrogens with one attached hydrogen (secondary N) is 3. The largest absolute Gasteiger partial charge is 0.379 e. The van der Waals surface area contributed by atoms with Crippen molar-refractivity contribution in [3.05, 3.63) is 46.0 Å². The van der Waals surface area contributed by atoms with Crippen LogP contribution >= 0.6 is 0 Å². The number of carbonyl (C=O) groups is 1. The van der Waals surface area contributed by atoms with E-state index in [2.05, 4.69) is 26.0 Å². The average molecular weight is 480 g/mol. The molecule has 2 aliphatic carbocycles. The van der Waals surface area contributed by atoms with E-state index in [0.29, 0.717) is 41.7 Å². The first-order chi connectivity index (χ1) is 17.0. The number of fused-ring (bicyclic) bond motifs is 3. The molecule has 1 aliphatic heterocycles. The Morgan fingerprint density at radius 2 is 2.14 bits per heavy atom. The Hall–Kier alpha value is -3.44. The number of ether oxygens (including phenoxy) is 2. The van der Waals surface area contributed by atoms with Gasteiger partial charge in [-0.1, -0.05) is 0 Å². The standard InChI is InChI=1S/C24H29N7O4/c1-25-20-10-19(27-17-5-4-14-12-35-13-24(8-3-9-24)30(14)23(17)33)29-21-15(11-26-31(20)21)22(32)28-16-6-7-18(16)34-2/h4-5,10-11,16,18,25H,3,6-9,12-13H2,1-2H3,(H,27,29)(H,28,32)/t16-,18-/m1/s1. The zero-order valence-corrected chi connectivity index (χ0v) is 19.8. The molecule has 2 atom stereocenters. The summed E-state index contributed by atoms with van der Waals surface area (Å²) in [4.78, 5) is 31.2. The van der Waals surface area contributed by atoms with Gasteiger partial charge in [-0.15, -0.1) is 0 Å². The van der Waals surface area contributed by atoms with Gasteiger partial charge in [-0.3, -0.25) is 9.59 Å². The van der Waals surface area contributed by atoms with Crippen molar-refractivity contribution in [3.63, 3.8) is 0 Å². The molecule has 35 heavy (non-hydrogen) atoms. The normalized spacial score (nSPS) is 22.2. The summed E-state index contributed by atoms with van der Waals surface area (Å²) in [5.41, 5.74) is 1.76. The minimum Gasteiger partial charge on any atom is -0.379 e. The van der Waals surface area contributed by atoms with Crippen molar-refractivity contribution >= 4 is 28.9 Å². The number of aromatic nitrogens is 4. The Labute approximate surface area is 201 Å². The minimum atomic E-state index is -0.251. The summed E-state index contributed by atoms with van der Waals surface area (Å²) in [7, 11) is 3.42. The second-order valence-electron chi connectivity index (χ2n) is 9.58. The highest BCUT2D eigenvalue weighted by Gasteiger charge is 2.43. The molecule has 3 aliphatic rings. The Morgan fingerprint density at radius 1 is 1.29 bits per heavy atom. The number of amides is 1. The number of pyridine rings is 1. The lowest BCUT2D eigenvalue weighted by molar-refractivity contribution is -0.0406. The Kier molecular flexibility index (Phi) is 5.26. The number of nitrogens with zero attached hydrogens (tertiary/aromatic N) is 4. The molecule has 4 heterocycles. The van der Waals surface area contributed by atoms with Crippen LogP contribution in [0.15, 0.2) is 29.2 Å². The second kappa shape index (κ2) is 8.35. The molecule has 3 aromatic heterocycles. The van der Waals surface area contributed by atoms with Gasteiger partial charge in [-0.25, -0.2) is 4.98 Å². The first kappa shape index (κ1) is 22.1. The zero-order chi connectivity index (χ0) is 24.2. The predicted molar refractivity (Wildman–Crippen MR) is 129 cm³/mol. The highest BCUT2D eigenvalue weighted by atomic mass is 16.5. The van der Waals surface area contributed by atoms with Crippen LogP contribution in [0.2, 0.25) is 0 Å². The molecule has 0 aromatic carbocycles. The van der Waals surface area contributed by atoms with E-state index in [9.17, 15) is 9.59 Å². The molecule has 0 unspecified atom stereocenters. The molecular formula is C24H29N7O4. The summed E-state index contributed by atoms with van der Waals surface area (Å²) >= 11 is 0. The van der Waals surface area contributed by atoms with E-state index < -0.39 is 0 Å². The maximum absolute atomic E-state index is 13.5. The monoisotopic (exact) mass is 479 g/mol. The van der Waals surface area contributed by atoms with E-state index in [1.54, 1.807) is 30.8 Å². The van der Waals surface area contributed by atoms with Crippen LogP contribution in [0.25, 0.3) is 5.65 Å². The van der Waals surface area contributed by atoms with Crippen LogP contribution in [0.1, 0.15) is 48.2 Å². The highest BCUT2D eigenvalue weighted by molar-refractivity contribution is 6.00. The number of anilines is 3. The van der Waals surface area contributed by atoms with Gasteiger partial charge in [0.25, 0.3) is 11.5 Å². The Bertz CT molecular complexity index is 1360. The maximum Gasteiger partial charge on any atom is 0.275 e. The lowest BCUT2D eigenvalue weighted by atomic mass is 9.76. The molecule has 3 N–H and O–H groups in total. The van der Waals surface area contributed by atoms with E-state index in [1.807, 2.05) is 10.6 Å². The van der Waals surface area contributed by atoms with Gasteiger partial charge in [-0.2, -0.15) is 9.61 Å². The molecule has 2 fully saturated rings. The third-order valence-corrected chi connectivity index (χ3v) is 7.61. The summed E-state index contributed by atoms with van der Waals surface area (Å²) in [6.07, 6.45) is 6.32. The number of rotatable bonds is 6. The second-order valence-corrected chi connectivity index (χ2v) is 9.58. The molecule has 2 saturated carbocycles. The summed E-state index contributed by atoms with van der Waals surface area (Å²) in [5, 5.41) is 13.7. The molecule has 3 aromatic rings. The van der Waals surface area contributed by atoms with Crippen molar-refractivity contribution in [2.24, 2.45) is 0 Å². The fraction of sp³-hybridized carbons (Fsp3) is 0.500. The number of hydrogen-bond acceptors (Lipinski definition) is 8. The van der Waals surface area contributed by atoms with Gasteiger partial charge in [0.2, 0.25) is 0 Å². The van der Waals surface area contributed by atoms with Crippen molar-refractivity contribution in [1.29, 1.82) is 0 Å². The van der Waals surface area contributed by atoms with Gasteiger partial charge in [0.05, 0.1) is 37.1 Å². The van der Waals surface area contributed by atoms with Crippen LogP contribution in [0.5, 0.6) is 0 Å². The SMILES string of the molecule is CNc1cc(Nc2ccc3n(c2=O)C2(CCC2)COC3)nc2c(C(=O)N[C@@H]3CC[C@H]3OC)cnn12. The minimum absolute atomic E-state index is 0.0223. The van der Waals surface area contributed by atoms with Crippen LogP contribution in [0.3, 0.4) is 0 Å². The van der Waals surface area contributed by atoms with Crippen LogP contribution in [-0.4, -0.2) is 58.0 Å². The first-order valence-electron chi connectivity index (χ1n) is 12.0. The number of methoxy groups -OCH3 is 1. The smallest absolute Gasteiger partial charge is 0.275 e. The van der Waals surface area contributed by atoms with E-state index >= 15 is 0 Å². The zero-order valence-electron chi connectivity index (χ0n) is 19.8. The lowest BCUT2D eigenvalue weighted by Crippen LogP contribution is -2.53. The lowest BCUT2D eigenvalue weighted by Gasteiger charge is -2.47. The van der Waals surface area contributed by atoms with Crippen molar-refractivity contribution in [3.8, 4) is 0 Å². The summed E-state index contributed by atoms with van der Waals surface area (Å²) < 4.78 is 14.6. The third-order valence-electron chi connectivity index (χ3n) is 7.61. The van der Waals surface area contributed by atoms with Gasteiger partial charge in [0, 0.05) is 25.9 Å². The molecule has 0 saturated heterocycles. The van der Waals surface area contributed by atoms with Crippen molar-refractivity contribution < 1.29 is 14.3 Å². The molecule has 1 amide bonds. The quantitative estimate of drug-likeness (QED) is 0.491. The average Bonchev–Trinajstić information content (AvgIpc) is 3.26. The molecule has 1 spiro atoms. The van der Waals surface area contributed by atoms with Gasteiger partial charge < -0.3 is 30.0 Å². The topological polar surface area (TPSA) is 124 Å². The van der Waals surface area contributed by atoms with Gasteiger partial charge in [0.15, 0.2) is 5.65 Å². The summed E-state index contributed by atoms with van der Waals surface area (Å²) in [6.45, 7) is 1.00. The van der Waals surface area contributed by atoms with Crippen LogP contribution in [0, 0.1) is 0 Å². The Morgan fingerprint density at radius 3 is 2.83 bits per heavy atom. The third kappa shape index (κ3) is 3.49. The molecule has 11 heteroatoms. The number of carbonyl (C=O) groups excluding carboxylic acids is 1. The van der Waals surface area contributed by atoms with Crippen molar-refractivity contribution in [2.45, 2.75) is 56.4 Å². The summed E-state index contributed by atoms with van der Waals surface area (Å²) in [6, 6.07) is 5.44. The maximum atomic E-state index is 13.5. The molecule has 0 bridgehead atoms. The van der Waals surface area contributed by atoms with Gasteiger partial charge >= 0.3 is 0 Å². The van der Waals surface area contributed by atoms with E-state index in [0.717, 1.165) is 37.8 Å². The van der Waals surface area contributed by atoms with E-state index in [-0.39, 0.29) is 29.2 Å². The fourth-order valence-electron chi connectivity index (χ4n) is 5.33. The van der Waals surface area contributed by atoms with E-state index in [4.69, 9.17) is 9.47 Å². The molecule has 11 nitrogen and oxygen atoms in total. The van der Waals surface area contributed by atoms with E-state index in [1.165, 1.54) is 6.20 Å². The summed E-state index contributed by atoms with van der Waals surface area (Å²) in [5.74, 6) is 0.832. The number of hydrogen-bond donors (Lipinski definition) is 3. The van der Waals surface area contributed by atoms with Gasteiger partial charge in [-0.05, 0) is 44.2 Å². The first-order valence-corrected chi connectivity index (χ1v) is 12.0. The van der Waals surface area contributed by atoms with Crippen molar-refractivity contribution in [2.75, 3.05) is 31.4 Å². The molecule has 6 rings (SSSR count). The highest BCUT2D eigenvalue weighted by Crippen LogP contribution is 2.41. The van der Waals surface area contributed by atoms with Crippen LogP contribution in [0.4, 0.5) is 17.3 Å². The molecule has 0 radical (unpaired) electrons. The van der Waals surface area contributed by atoms with Crippen LogP contribution < -0.4 is 21.5 Å². The molecule has 184 valence electrons.